The van der Waals surface area contributed by atoms with E-state index in [9.17, 15) is 4.79 Å². The lowest BCUT2D eigenvalue weighted by molar-refractivity contribution is 0.0663. The first-order chi connectivity index (χ1) is 11.2. The summed E-state index contributed by atoms with van der Waals surface area (Å²) in [5.41, 5.74) is 0.710. The van der Waals surface area contributed by atoms with Gasteiger partial charge in [-0.1, -0.05) is 0 Å². The van der Waals surface area contributed by atoms with Crippen molar-refractivity contribution in [2.24, 2.45) is 0 Å². The molecule has 1 aromatic carbocycles. The van der Waals surface area contributed by atoms with Gasteiger partial charge in [0, 0.05) is 24.2 Å². The lowest BCUT2D eigenvalue weighted by atomic mass is 10.0. The van der Waals surface area contributed by atoms with Gasteiger partial charge in [-0.2, -0.15) is 0 Å². The molecule has 0 bridgehead atoms. The van der Waals surface area contributed by atoms with Crippen molar-refractivity contribution in [2.75, 3.05) is 33.4 Å². The van der Waals surface area contributed by atoms with Crippen molar-refractivity contribution in [3.05, 3.63) is 23.8 Å². The number of benzene rings is 1. The molecular weight excluding hydrogens is 292 g/mol. The summed E-state index contributed by atoms with van der Waals surface area (Å²) in [6.07, 6.45) is 4.66. The van der Waals surface area contributed by atoms with Gasteiger partial charge in [0.25, 0.3) is 5.91 Å². The molecule has 0 aliphatic carbocycles. The zero-order valence-corrected chi connectivity index (χ0v) is 13.7. The van der Waals surface area contributed by atoms with Gasteiger partial charge in [0.15, 0.2) is 11.5 Å². The summed E-state index contributed by atoms with van der Waals surface area (Å²) in [5.74, 6) is 1.56. The molecule has 0 N–H and O–H groups in total. The maximum Gasteiger partial charge on any atom is 0.254 e. The van der Waals surface area contributed by atoms with Crippen LogP contribution in [-0.4, -0.2) is 61.1 Å². The van der Waals surface area contributed by atoms with Crippen LogP contribution in [0.5, 0.6) is 11.5 Å². The number of amides is 1. The minimum atomic E-state index is 0.129. The first kappa shape index (κ1) is 14.8. The largest absolute Gasteiger partial charge is 0.486 e. The Hall–Kier alpha value is -1.75. The molecule has 0 saturated carbocycles. The summed E-state index contributed by atoms with van der Waals surface area (Å²) >= 11 is 0. The van der Waals surface area contributed by atoms with Gasteiger partial charge in [0.05, 0.1) is 0 Å². The van der Waals surface area contributed by atoms with Crippen molar-refractivity contribution < 1.29 is 14.3 Å². The Bertz CT molecular complexity index is 604. The highest BCUT2D eigenvalue weighted by molar-refractivity contribution is 5.95. The monoisotopic (exact) mass is 316 g/mol. The van der Waals surface area contributed by atoms with Crippen LogP contribution in [0.4, 0.5) is 0 Å². The molecule has 5 nitrogen and oxygen atoms in total. The van der Waals surface area contributed by atoms with E-state index >= 15 is 0 Å². The fourth-order valence-corrected chi connectivity index (χ4v) is 4.21. The number of carbonyl (C=O) groups excluding carboxylic acids is 1. The molecule has 3 aliphatic rings. The molecule has 5 heteroatoms. The fraction of sp³-hybridized carbons (Fsp3) is 0.611. The van der Waals surface area contributed by atoms with E-state index in [0.717, 1.165) is 31.7 Å². The van der Waals surface area contributed by atoms with Gasteiger partial charge in [-0.05, 0) is 57.5 Å². The Morgan fingerprint density at radius 1 is 1.04 bits per heavy atom. The maximum absolute atomic E-state index is 13.0. The van der Waals surface area contributed by atoms with E-state index in [1.807, 2.05) is 18.2 Å². The molecule has 3 aliphatic heterocycles. The van der Waals surface area contributed by atoms with E-state index in [4.69, 9.17) is 9.47 Å². The number of fused-ring (bicyclic) bond motifs is 1. The van der Waals surface area contributed by atoms with Crippen LogP contribution in [0.1, 0.15) is 36.0 Å². The second-order valence-corrected chi connectivity index (χ2v) is 6.76. The van der Waals surface area contributed by atoms with Crippen LogP contribution in [-0.2, 0) is 0 Å². The quantitative estimate of drug-likeness (QED) is 0.838. The summed E-state index contributed by atoms with van der Waals surface area (Å²) in [5, 5.41) is 0. The smallest absolute Gasteiger partial charge is 0.254 e. The standard InChI is InChI=1S/C18H24N2O3/c1-19-8-2-4-14(19)15-5-3-9-20(15)18(21)13-6-7-16-17(12-13)23-11-10-22-16/h6-7,12,14-15H,2-5,8-11H2,1H3/t14-,15+/m0/s1. The molecule has 23 heavy (non-hydrogen) atoms. The summed E-state index contributed by atoms with van der Waals surface area (Å²) in [6, 6.07) is 6.42. The molecule has 1 amide bonds. The number of likely N-dealkylation sites (N-methyl/N-ethyl adjacent to an activating group) is 1. The van der Waals surface area contributed by atoms with Crippen molar-refractivity contribution in [1.29, 1.82) is 0 Å². The first-order valence-electron chi connectivity index (χ1n) is 8.65. The normalized spacial score (nSPS) is 27.4. The molecule has 1 aromatic rings. The van der Waals surface area contributed by atoms with E-state index < -0.39 is 0 Å². The van der Waals surface area contributed by atoms with Crippen LogP contribution in [0.25, 0.3) is 0 Å². The number of carbonyl (C=O) groups is 1. The van der Waals surface area contributed by atoms with Crippen molar-refractivity contribution in [2.45, 2.75) is 37.8 Å². The highest BCUT2D eigenvalue weighted by Crippen LogP contribution is 2.33. The van der Waals surface area contributed by atoms with Gasteiger partial charge in [-0.3, -0.25) is 4.79 Å². The van der Waals surface area contributed by atoms with Crippen molar-refractivity contribution >= 4 is 5.91 Å². The van der Waals surface area contributed by atoms with Gasteiger partial charge in [0.2, 0.25) is 0 Å². The average Bonchev–Trinajstić information content (AvgIpc) is 3.22. The molecule has 4 rings (SSSR count). The Morgan fingerprint density at radius 2 is 1.78 bits per heavy atom. The second-order valence-electron chi connectivity index (χ2n) is 6.76. The van der Waals surface area contributed by atoms with Crippen LogP contribution < -0.4 is 9.47 Å². The van der Waals surface area contributed by atoms with Crippen LogP contribution in [0.15, 0.2) is 18.2 Å². The average molecular weight is 316 g/mol. The maximum atomic E-state index is 13.0. The molecular formula is C18H24N2O3. The zero-order valence-electron chi connectivity index (χ0n) is 13.7. The van der Waals surface area contributed by atoms with E-state index in [0.29, 0.717) is 36.6 Å². The summed E-state index contributed by atoms with van der Waals surface area (Å²) in [4.78, 5) is 17.5. The lowest BCUT2D eigenvalue weighted by Crippen LogP contribution is -2.47. The van der Waals surface area contributed by atoms with E-state index in [-0.39, 0.29) is 5.91 Å². The molecule has 0 spiro atoms. The van der Waals surface area contributed by atoms with Crippen molar-refractivity contribution in [3.8, 4) is 11.5 Å². The van der Waals surface area contributed by atoms with E-state index in [2.05, 4.69) is 16.8 Å². The third kappa shape index (κ3) is 2.67. The third-order valence-corrected chi connectivity index (χ3v) is 5.37. The molecule has 2 atom stereocenters. The minimum Gasteiger partial charge on any atom is -0.486 e. The second kappa shape index (κ2) is 6.04. The van der Waals surface area contributed by atoms with Crippen molar-refractivity contribution in [3.63, 3.8) is 0 Å². The Kier molecular flexibility index (Phi) is 3.89. The topological polar surface area (TPSA) is 42.0 Å². The summed E-state index contributed by atoms with van der Waals surface area (Å²) in [6.45, 7) is 3.13. The van der Waals surface area contributed by atoms with Gasteiger partial charge >= 0.3 is 0 Å². The number of likely N-dealkylation sites (tertiary alicyclic amines) is 2. The number of hydrogen-bond donors (Lipinski definition) is 0. The van der Waals surface area contributed by atoms with Crippen molar-refractivity contribution in [1.82, 2.24) is 9.80 Å². The molecule has 2 fully saturated rings. The Labute approximate surface area is 137 Å². The van der Waals surface area contributed by atoms with Crippen LogP contribution >= 0.6 is 0 Å². The summed E-state index contributed by atoms with van der Waals surface area (Å²) < 4.78 is 11.2. The fourth-order valence-electron chi connectivity index (χ4n) is 4.21. The number of hydrogen-bond acceptors (Lipinski definition) is 4. The van der Waals surface area contributed by atoms with E-state index in [1.165, 1.54) is 12.8 Å². The molecule has 0 aromatic heterocycles. The van der Waals surface area contributed by atoms with Gasteiger partial charge in [0.1, 0.15) is 13.2 Å². The van der Waals surface area contributed by atoms with Gasteiger partial charge in [-0.15, -0.1) is 0 Å². The first-order valence-corrected chi connectivity index (χ1v) is 8.65. The Morgan fingerprint density at radius 3 is 2.57 bits per heavy atom. The van der Waals surface area contributed by atoms with Gasteiger partial charge < -0.3 is 19.3 Å². The predicted octanol–water partition coefficient (Wildman–Crippen LogP) is 2.16. The third-order valence-electron chi connectivity index (χ3n) is 5.37. The number of ether oxygens (including phenoxy) is 2. The molecule has 0 radical (unpaired) electrons. The highest BCUT2D eigenvalue weighted by atomic mass is 16.6. The van der Waals surface area contributed by atoms with Gasteiger partial charge in [-0.25, -0.2) is 0 Å². The number of rotatable bonds is 2. The lowest BCUT2D eigenvalue weighted by Gasteiger charge is -2.33. The predicted molar refractivity (Wildman–Crippen MR) is 87.1 cm³/mol. The number of nitrogens with zero attached hydrogens (tertiary/aromatic N) is 2. The Balaban J connectivity index is 1.55. The molecule has 2 saturated heterocycles. The van der Waals surface area contributed by atoms with E-state index in [1.54, 1.807) is 0 Å². The molecule has 124 valence electrons. The van der Waals surface area contributed by atoms with Crippen LogP contribution in [0.3, 0.4) is 0 Å². The summed E-state index contributed by atoms with van der Waals surface area (Å²) in [7, 11) is 2.18. The van der Waals surface area contributed by atoms with Crippen LogP contribution in [0.2, 0.25) is 0 Å². The molecule has 0 unspecified atom stereocenters. The SMILES string of the molecule is CN1CCC[C@H]1[C@H]1CCCN1C(=O)c1ccc2c(c1)OCCO2. The zero-order chi connectivity index (χ0) is 15.8. The minimum absolute atomic E-state index is 0.129. The highest BCUT2D eigenvalue weighted by Gasteiger charge is 2.38. The van der Waals surface area contributed by atoms with Crippen LogP contribution in [0, 0.1) is 0 Å². The molecule has 3 heterocycles.